The Morgan fingerprint density at radius 2 is 1.96 bits per heavy atom. The first kappa shape index (κ1) is 16.3. The zero-order valence-corrected chi connectivity index (χ0v) is 15.1. The van der Waals surface area contributed by atoms with Gasteiger partial charge >= 0.3 is 0 Å². The molecule has 3 rings (SSSR count). The predicted molar refractivity (Wildman–Crippen MR) is 96.1 cm³/mol. The van der Waals surface area contributed by atoms with E-state index >= 15 is 0 Å². The maximum Gasteiger partial charge on any atom is 0.199 e. The lowest BCUT2D eigenvalue weighted by Gasteiger charge is -2.36. The Morgan fingerprint density at radius 1 is 1.26 bits per heavy atom. The number of nitrogens with zero attached hydrogens (tertiary/aromatic N) is 2. The van der Waals surface area contributed by atoms with Gasteiger partial charge in [0.1, 0.15) is 5.69 Å². The van der Waals surface area contributed by atoms with Crippen molar-refractivity contribution in [1.29, 1.82) is 0 Å². The van der Waals surface area contributed by atoms with Crippen molar-refractivity contribution in [2.75, 3.05) is 6.54 Å². The van der Waals surface area contributed by atoms with Crippen molar-refractivity contribution < 1.29 is 4.79 Å². The number of hydrogen-bond donors (Lipinski definition) is 0. The first-order valence-corrected chi connectivity index (χ1v) is 9.03. The summed E-state index contributed by atoms with van der Waals surface area (Å²) in [7, 11) is 0. The zero-order valence-electron chi connectivity index (χ0n) is 14.3. The van der Waals surface area contributed by atoms with Gasteiger partial charge in [-0.3, -0.25) is 9.69 Å². The number of aromatic nitrogens is 1. The maximum atomic E-state index is 13.2. The molecule has 2 heterocycles. The first-order valence-electron chi connectivity index (χ1n) is 8.22. The van der Waals surface area contributed by atoms with Crippen molar-refractivity contribution in [1.82, 2.24) is 9.88 Å². The van der Waals surface area contributed by atoms with E-state index < -0.39 is 0 Å². The van der Waals surface area contributed by atoms with Gasteiger partial charge in [0.15, 0.2) is 5.78 Å². The summed E-state index contributed by atoms with van der Waals surface area (Å²) in [6.07, 6.45) is 2.01. The molecule has 0 bridgehead atoms. The van der Waals surface area contributed by atoms with Crippen molar-refractivity contribution in [2.45, 2.75) is 52.1 Å². The van der Waals surface area contributed by atoms with Crippen LogP contribution < -0.4 is 0 Å². The van der Waals surface area contributed by atoms with Crippen LogP contribution in [-0.2, 0) is 0 Å². The van der Waals surface area contributed by atoms with Crippen molar-refractivity contribution >= 4 is 17.1 Å². The quantitative estimate of drug-likeness (QED) is 0.774. The third kappa shape index (κ3) is 3.24. The Hall–Kier alpha value is -1.52. The summed E-state index contributed by atoms with van der Waals surface area (Å²) >= 11 is 1.61. The second-order valence-corrected chi connectivity index (χ2v) is 8.37. The Kier molecular flexibility index (Phi) is 4.39. The number of carbonyl (C=O) groups excluding carboxylic acids is 1. The highest BCUT2D eigenvalue weighted by molar-refractivity contribution is 7.15. The highest BCUT2D eigenvalue weighted by atomic mass is 32.1. The van der Waals surface area contributed by atoms with Gasteiger partial charge in [-0.2, -0.15) is 0 Å². The maximum absolute atomic E-state index is 13.2. The molecule has 1 saturated heterocycles. The molecule has 3 nitrogen and oxygen atoms in total. The lowest BCUT2D eigenvalue weighted by Crippen LogP contribution is -2.47. The van der Waals surface area contributed by atoms with Gasteiger partial charge in [-0.15, -0.1) is 11.3 Å². The van der Waals surface area contributed by atoms with Crippen molar-refractivity contribution in [3.05, 3.63) is 41.0 Å². The SMILES string of the molecule is Cc1nc(C(=O)C2CCCN2C(C)(C)C)c(-c2ccccc2)s1. The Balaban J connectivity index is 1.98. The molecule has 4 heteroatoms. The fourth-order valence-corrected chi connectivity index (χ4v) is 4.31. The van der Waals surface area contributed by atoms with E-state index in [2.05, 4.69) is 42.8 Å². The number of benzene rings is 1. The van der Waals surface area contributed by atoms with E-state index in [9.17, 15) is 4.79 Å². The van der Waals surface area contributed by atoms with Gasteiger partial charge in [-0.25, -0.2) is 4.98 Å². The average Bonchev–Trinajstić information content (AvgIpc) is 3.13. The molecule has 23 heavy (non-hydrogen) atoms. The summed E-state index contributed by atoms with van der Waals surface area (Å²) < 4.78 is 0. The van der Waals surface area contributed by atoms with Gasteiger partial charge in [0, 0.05) is 5.54 Å². The minimum Gasteiger partial charge on any atom is -0.291 e. The number of likely N-dealkylation sites (tertiary alicyclic amines) is 1. The van der Waals surface area contributed by atoms with E-state index in [1.165, 1.54) is 0 Å². The number of rotatable bonds is 3. The molecular formula is C19H24N2OS. The number of carbonyl (C=O) groups is 1. The molecule has 1 aromatic heterocycles. The highest BCUT2D eigenvalue weighted by Gasteiger charge is 2.39. The molecule has 0 N–H and O–H groups in total. The van der Waals surface area contributed by atoms with E-state index in [1.807, 2.05) is 25.1 Å². The third-order valence-corrected chi connectivity index (χ3v) is 5.44. The van der Waals surface area contributed by atoms with Crippen molar-refractivity contribution in [3.8, 4) is 10.4 Å². The molecule has 1 atom stereocenters. The molecule has 1 aliphatic heterocycles. The summed E-state index contributed by atoms with van der Waals surface area (Å²) in [4.78, 5) is 21.1. The minimum atomic E-state index is -0.0426. The van der Waals surface area contributed by atoms with Crippen LogP contribution in [0, 0.1) is 6.92 Å². The van der Waals surface area contributed by atoms with E-state index in [0.717, 1.165) is 34.8 Å². The van der Waals surface area contributed by atoms with Crippen LogP contribution in [0.25, 0.3) is 10.4 Å². The number of aryl methyl sites for hydroxylation is 1. The average molecular weight is 328 g/mol. The molecular weight excluding hydrogens is 304 g/mol. The molecule has 122 valence electrons. The fourth-order valence-electron chi connectivity index (χ4n) is 3.38. The van der Waals surface area contributed by atoms with Gasteiger partial charge < -0.3 is 0 Å². The van der Waals surface area contributed by atoms with Crippen LogP contribution in [0.3, 0.4) is 0 Å². The first-order chi connectivity index (χ1) is 10.9. The molecule has 1 unspecified atom stereocenters. The summed E-state index contributed by atoms with van der Waals surface area (Å²) in [5, 5.41) is 0.951. The van der Waals surface area contributed by atoms with Gasteiger partial charge in [-0.1, -0.05) is 30.3 Å². The third-order valence-electron chi connectivity index (χ3n) is 4.42. The van der Waals surface area contributed by atoms with E-state index in [4.69, 9.17) is 0 Å². The topological polar surface area (TPSA) is 33.2 Å². The second kappa shape index (κ2) is 6.17. The van der Waals surface area contributed by atoms with Crippen LogP contribution in [0.4, 0.5) is 0 Å². The number of thiazole rings is 1. The molecule has 0 spiro atoms. The Labute approximate surface area is 142 Å². The van der Waals surface area contributed by atoms with Gasteiger partial charge in [0.05, 0.1) is 15.9 Å². The lowest BCUT2D eigenvalue weighted by molar-refractivity contribution is 0.0717. The van der Waals surface area contributed by atoms with Crippen LogP contribution in [0.1, 0.15) is 49.1 Å². The minimum absolute atomic E-state index is 0.00873. The van der Waals surface area contributed by atoms with Gasteiger partial charge in [-0.05, 0) is 52.6 Å². The molecule has 1 fully saturated rings. The summed E-state index contributed by atoms with van der Waals surface area (Å²) in [5.41, 5.74) is 1.75. The predicted octanol–water partition coefficient (Wildman–Crippen LogP) is 4.56. The van der Waals surface area contributed by atoms with Crippen molar-refractivity contribution in [2.24, 2.45) is 0 Å². The Morgan fingerprint density at radius 3 is 2.61 bits per heavy atom. The fraction of sp³-hybridized carbons (Fsp3) is 0.474. The monoisotopic (exact) mass is 328 g/mol. The summed E-state index contributed by atoms with van der Waals surface area (Å²) in [6, 6.07) is 10.1. The van der Waals surface area contributed by atoms with Crippen LogP contribution in [0.2, 0.25) is 0 Å². The van der Waals surface area contributed by atoms with Gasteiger partial charge in [0.25, 0.3) is 0 Å². The molecule has 0 saturated carbocycles. The molecule has 1 aliphatic rings. The highest BCUT2D eigenvalue weighted by Crippen LogP contribution is 2.34. The molecule has 2 aromatic rings. The standard InChI is InChI=1S/C19H24N2OS/c1-13-20-16(18(23-13)14-9-6-5-7-10-14)17(22)15-11-8-12-21(15)19(2,3)4/h5-7,9-10,15H,8,11-12H2,1-4H3. The van der Waals surface area contributed by atoms with Crippen LogP contribution in [-0.4, -0.2) is 33.8 Å². The van der Waals surface area contributed by atoms with Crippen LogP contribution in [0.15, 0.2) is 30.3 Å². The summed E-state index contributed by atoms with van der Waals surface area (Å²) in [6.45, 7) is 9.52. The number of ketones is 1. The number of hydrogen-bond acceptors (Lipinski definition) is 4. The van der Waals surface area contributed by atoms with Crippen LogP contribution >= 0.6 is 11.3 Å². The zero-order chi connectivity index (χ0) is 16.6. The lowest BCUT2D eigenvalue weighted by atomic mass is 9.99. The molecule has 0 radical (unpaired) electrons. The van der Waals surface area contributed by atoms with Crippen molar-refractivity contribution in [3.63, 3.8) is 0 Å². The van der Waals surface area contributed by atoms with Gasteiger partial charge in [0.2, 0.25) is 0 Å². The molecule has 1 aromatic carbocycles. The molecule has 0 aliphatic carbocycles. The normalized spacial score (nSPS) is 19.2. The van der Waals surface area contributed by atoms with Crippen LogP contribution in [0.5, 0.6) is 0 Å². The molecule has 0 amide bonds. The van der Waals surface area contributed by atoms with E-state index in [-0.39, 0.29) is 17.4 Å². The van der Waals surface area contributed by atoms with E-state index in [0.29, 0.717) is 5.69 Å². The second-order valence-electron chi connectivity index (χ2n) is 7.16. The summed E-state index contributed by atoms with van der Waals surface area (Å²) in [5.74, 6) is 0.181. The number of Topliss-reactive ketones (excluding diaryl/α,β-unsaturated/α-hetero) is 1. The smallest absolute Gasteiger partial charge is 0.199 e. The Bertz CT molecular complexity index is 700. The van der Waals surface area contributed by atoms with E-state index in [1.54, 1.807) is 11.3 Å². The largest absolute Gasteiger partial charge is 0.291 e.